The van der Waals surface area contributed by atoms with E-state index in [0.717, 1.165) is 30.6 Å². The first-order chi connectivity index (χ1) is 15.3. The minimum Gasteiger partial charge on any atom is -0.508 e. The fourth-order valence-electron chi connectivity index (χ4n) is 4.55. The van der Waals surface area contributed by atoms with Gasteiger partial charge in [-0.25, -0.2) is 0 Å². The maximum Gasteiger partial charge on any atom is 0.116 e. The van der Waals surface area contributed by atoms with Gasteiger partial charge >= 0.3 is 0 Å². The number of hydrogen-bond donors (Lipinski definition) is 2. The summed E-state index contributed by atoms with van der Waals surface area (Å²) >= 11 is 0. The molecule has 3 heteroatoms. The molecular weight excluding hydrogens is 382 g/mol. The standard InChI is InChI=1S/C28H27NO2/c30-26-10-4-8-24(17-26)23-7-3-9-25(16-23)27-13-14-29-18-28(27)31-19-20-11-12-21-5-1-2-6-22(21)15-20/h1-12,15-17,27-30H,13-14,18-19H2. The lowest BCUT2D eigenvalue weighted by Crippen LogP contribution is -2.41. The molecule has 3 nitrogen and oxygen atoms in total. The second kappa shape index (κ2) is 8.93. The Bertz CT molecular complexity index is 1190. The van der Waals surface area contributed by atoms with Crippen LogP contribution in [0.4, 0.5) is 0 Å². The van der Waals surface area contributed by atoms with Crippen molar-refractivity contribution < 1.29 is 9.84 Å². The molecule has 0 aromatic heterocycles. The van der Waals surface area contributed by atoms with Crippen LogP contribution in [-0.2, 0) is 11.3 Å². The Morgan fingerprint density at radius 2 is 1.61 bits per heavy atom. The SMILES string of the molecule is Oc1cccc(-c2cccc(C3CCNCC3OCc3ccc4ccccc4c3)c2)c1. The molecule has 1 fully saturated rings. The highest BCUT2D eigenvalue weighted by atomic mass is 16.5. The molecular formula is C28H27NO2. The third kappa shape index (κ3) is 4.48. The van der Waals surface area contributed by atoms with E-state index in [1.807, 2.05) is 18.2 Å². The van der Waals surface area contributed by atoms with Crippen LogP contribution in [0.15, 0.2) is 91.0 Å². The van der Waals surface area contributed by atoms with Crippen LogP contribution in [0.1, 0.15) is 23.5 Å². The summed E-state index contributed by atoms with van der Waals surface area (Å²) in [5.74, 6) is 0.639. The number of piperidine rings is 1. The van der Waals surface area contributed by atoms with Crippen molar-refractivity contribution in [2.75, 3.05) is 13.1 Å². The first-order valence-electron chi connectivity index (χ1n) is 11.0. The van der Waals surface area contributed by atoms with Crippen molar-refractivity contribution in [2.45, 2.75) is 25.0 Å². The molecule has 0 bridgehead atoms. The molecule has 1 aliphatic heterocycles. The summed E-state index contributed by atoms with van der Waals surface area (Å²) in [5.41, 5.74) is 4.66. The predicted molar refractivity (Wildman–Crippen MR) is 126 cm³/mol. The van der Waals surface area contributed by atoms with Crippen LogP contribution in [0.3, 0.4) is 0 Å². The average molecular weight is 410 g/mol. The molecule has 156 valence electrons. The number of fused-ring (bicyclic) bond motifs is 1. The number of phenols is 1. The third-order valence-corrected chi connectivity index (χ3v) is 6.20. The van der Waals surface area contributed by atoms with Gasteiger partial charge in [0, 0.05) is 12.5 Å². The Balaban J connectivity index is 1.35. The number of benzene rings is 4. The normalized spacial score (nSPS) is 18.8. The Kier molecular flexibility index (Phi) is 5.70. The lowest BCUT2D eigenvalue weighted by molar-refractivity contribution is 0.0107. The molecule has 0 saturated carbocycles. The van der Waals surface area contributed by atoms with Crippen LogP contribution in [0, 0.1) is 0 Å². The van der Waals surface area contributed by atoms with Crippen LogP contribution in [0.5, 0.6) is 5.75 Å². The topological polar surface area (TPSA) is 41.5 Å². The van der Waals surface area contributed by atoms with Crippen molar-refractivity contribution in [3.63, 3.8) is 0 Å². The predicted octanol–water partition coefficient (Wildman–Crippen LogP) is 5.87. The highest BCUT2D eigenvalue weighted by molar-refractivity contribution is 5.82. The molecule has 0 radical (unpaired) electrons. The van der Waals surface area contributed by atoms with E-state index in [2.05, 4.69) is 72.0 Å². The van der Waals surface area contributed by atoms with E-state index < -0.39 is 0 Å². The fourth-order valence-corrected chi connectivity index (χ4v) is 4.55. The van der Waals surface area contributed by atoms with Crippen molar-refractivity contribution in [3.8, 4) is 16.9 Å². The van der Waals surface area contributed by atoms with E-state index in [4.69, 9.17) is 4.74 Å². The van der Waals surface area contributed by atoms with Crippen LogP contribution >= 0.6 is 0 Å². The van der Waals surface area contributed by atoms with Gasteiger partial charge in [0.2, 0.25) is 0 Å². The number of ether oxygens (including phenoxy) is 1. The summed E-state index contributed by atoms with van der Waals surface area (Å²) in [7, 11) is 0. The van der Waals surface area contributed by atoms with Crippen molar-refractivity contribution in [1.82, 2.24) is 5.32 Å². The molecule has 2 N–H and O–H groups in total. The molecule has 4 aromatic rings. The lowest BCUT2D eigenvalue weighted by Gasteiger charge is -2.33. The van der Waals surface area contributed by atoms with Crippen molar-refractivity contribution in [1.29, 1.82) is 0 Å². The monoisotopic (exact) mass is 409 g/mol. The van der Waals surface area contributed by atoms with Gasteiger partial charge < -0.3 is 15.2 Å². The zero-order chi connectivity index (χ0) is 21.0. The summed E-state index contributed by atoms with van der Waals surface area (Å²) in [5, 5.41) is 15.9. The molecule has 1 aliphatic rings. The average Bonchev–Trinajstić information content (AvgIpc) is 2.83. The molecule has 5 rings (SSSR count). The second-order valence-electron chi connectivity index (χ2n) is 8.31. The maximum atomic E-state index is 9.85. The summed E-state index contributed by atoms with van der Waals surface area (Å²) in [6.45, 7) is 2.46. The Labute approximate surface area is 183 Å². The van der Waals surface area contributed by atoms with E-state index in [9.17, 15) is 5.11 Å². The Hall–Kier alpha value is -3.14. The largest absolute Gasteiger partial charge is 0.508 e. The van der Waals surface area contributed by atoms with Crippen molar-refractivity contribution in [3.05, 3.63) is 102 Å². The van der Waals surface area contributed by atoms with E-state index in [-0.39, 0.29) is 6.10 Å². The highest BCUT2D eigenvalue weighted by Crippen LogP contribution is 2.32. The van der Waals surface area contributed by atoms with Crippen molar-refractivity contribution in [2.24, 2.45) is 0 Å². The number of nitrogens with one attached hydrogen (secondary N) is 1. The van der Waals surface area contributed by atoms with Gasteiger partial charge in [-0.1, -0.05) is 72.8 Å². The van der Waals surface area contributed by atoms with Gasteiger partial charge in [0.05, 0.1) is 12.7 Å². The fraction of sp³-hybridized carbons (Fsp3) is 0.214. The number of hydrogen-bond acceptors (Lipinski definition) is 3. The molecule has 1 heterocycles. The minimum absolute atomic E-state index is 0.125. The van der Waals surface area contributed by atoms with Crippen LogP contribution in [0.25, 0.3) is 21.9 Å². The number of aromatic hydroxyl groups is 1. The van der Waals surface area contributed by atoms with Crippen LogP contribution in [-0.4, -0.2) is 24.3 Å². The van der Waals surface area contributed by atoms with Gasteiger partial charge in [0.25, 0.3) is 0 Å². The van der Waals surface area contributed by atoms with E-state index in [1.165, 1.54) is 21.9 Å². The summed E-state index contributed by atoms with van der Waals surface area (Å²) in [6, 6.07) is 31.1. The van der Waals surface area contributed by atoms with Gasteiger partial charge in [-0.2, -0.15) is 0 Å². The van der Waals surface area contributed by atoms with E-state index in [1.54, 1.807) is 6.07 Å². The molecule has 0 aliphatic carbocycles. The highest BCUT2D eigenvalue weighted by Gasteiger charge is 2.27. The Morgan fingerprint density at radius 3 is 2.48 bits per heavy atom. The minimum atomic E-state index is 0.125. The molecule has 2 atom stereocenters. The molecule has 0 spiro atoms. The first kappa shape index (κ1) is 19.8. The van der Waals surface area contributed by atoms with Crippen molar-refractivity contribution >= 4 is 10.8 Å². The molecule has 1 saturated heterocycles. The quantitative estimate of drug-likeness (QED) is 0.433. The third-order valence-electron chi connectivity index (χ3n) is 6.20. The van der Waals surface area contributed by atoms with Crippen LogP contribution < -0.4 is 5.32 Å². The summed E-state index contributed by atoms with van der Waals surface area (Å²) < 4.78 is 6.45. The van der Waals surface area contributed by atoms with Gasteiger partial charge in [-0.3, -0.25) is 0 Å². The molecule has 31 heavy (non-hydrogen) atoms. The van der Waals surface area contributed by atoms with Gasteiger partial charge in [-0.05, 0) is 64.2 Å². The summed E-state index contributed by atoms with van der Waals surface area (Å²) in [4.78, 5) is 0. The number of rotatable bonds is 5. The van der Waals surface area contributed by atoms with Gasteiger partial charge in [0.1, 0.15) is 5.75 Å². The van der Waals surface area contributed by atoms with Crippen LogP contribution in [0.2, 0.25) is 0 Å². The van der Waals surface area contributed by atoms with E-state index in [0.29, 0.717) is 18.3 Å². The smallest absolute Gasteiger partial charge is 0.116 e. The molecule has 4 aromatic carbocycles. The second-order valence-corrected chi connectivity index (χ2v) is 8.31. The maximum absolute atomic E-state index is 9.85. The lowest BCUT2D eigenvalue weighted by atomic mass is 9.86. The first-order valence-corrected chi connectivity index (χ1v) is 11.0. The van der Waals surface area contributed by atoms with Gasteiger partial charge in [-0.15, -0.1) is 0 Å². The number of phenolic OH excluding ortho intramolecular Hbond substituents is 1. The Morgan fingerprint density at radius 1 is 0.806 bits per heavy atom. The zero-order valence-corrected chi connectivity index (χ0v) is 17.5. The molecule has 0 amide bonds. The summed E-state index contributed by atoms with van der Waals surface area (Å²) in [6.07, 6.45) is 1.17. The van der Waals surface area contributed by atoms with E-state index >= 15 is 0 Å². The van der Waals surface area contributed by atoms with Gasteiger partial charge in [0.15, 0.2) is 0 Å². The molecule has 2 unspecified atom stereocenters. The zero-order valence-electron chi connectivity index (χ0n) is 17.5.